The Morgan fingerprint density at radius 1 is 1.20 bits per heavy atom. The Labute approximate surface area is 61.3 Å². The van der Waals surface area contributed by atoms with Crippen molar-refractivity contribution in [1.29, 1.82) is 0 Å². The van der Waals surface area contributed by atoms with Crippen LogP contribution in [0.4, 0.5) is 0 Å². The number of allylic oxidation sites excluding steroid dienone is 2. The minimum atomic E-state index is 0.764. The Morgan fingerprint density at radius 2 is 2.00 bits per heavy atom. The largest absolute Gasteiger partial charge is 0.145 e. The lowest BCUT2D eigenvalue weighted by Gasteiger charge is -2.03. The second-order valence-corrected chi connectivity index (χ2v) is 2.74. The number of hydrogen-bond donors (Lipinski definition) is 0. The van der Waals surface area contributed by atoms with Crippen LogP contribution in [0, 0.1) is 4.91 Å². The molecule has 0 aromatic heterocycles. The van der Waals surface area contributed by atoms with Gasteiger partial charge in [-0.25, -0.2) is 0 Å². The summed E-state index contributed by atoms with van der Waals surface area (Å²) in [6.45, 7) is 0. The molecule has 2 nitrogen and oxygen atoms in total. The summed E-state index contributed by atoms with van der Waals surface area (Å²) in [6.07, 6.45) is 8.84. The smallest absolute Gasteiger partial charge is 0.0809 e. The van der Waals surface area contributed by atoms with Gasteiger partial charge in [0.2, 0.25) is 0 Å². The first-order valence-corrected chi connectivity index (χ1v) is 3.96. The van der Waals surface area contributed by atoms with Gasteiger partial charge in [0, 0.05) is 0 Å². The van der Waals surface area contributed by atoms with E-state index in [-0.39, 0.29) is 0 Å². The van der Waals surface area contributed by atoms with Crippen LogP contribution in [0.25, 0.3) is 0 Å². The number of rotatable bonds is 1. The molecule has 1 rings (SSSR count). The highest BCUT2D eigenvalue weighted by Crippen LogP contribution is 2.16. The second-order valence-electron chi connectivity index (χ2n) is 2.74. The van der Waals surface area contributed by atoms with Crippen molar-refractivity contribution in [3.05, 3.63) is 16.7 Å². The fourth-order valence-corrected chi connectivity index (χ4v) is 1.26. The molecule has 0 atom stereocenters. The van der Waals surface area contributed by atoms with Crippen molar-refractivity contribution in [2.45, 2.75) is 38.5 Å². The van der Waals surface area contributed by atoms with Crippen LogP contribution in [0.5, 0.6) is 0 Å². The molecule has 2 heteroatoms. The maximum Gasteiger partial charge on any atom is 0.0809 e. The van der Waals surface area contributed by atoms with E-state index in [9.17, 15) is 4.91 Å². The van der Waals surface area contributed by atoms with E-state index in [1.165, 1.54) is 19.3 Å². The van der Waals surface area contributed by atoms with Crippen LogP contribution < -0.4 is 0 Å². The molecular weight excluding hydrogens is 126 g/mol. The van der Waals surface area contributed by atoms with Gasteiger partial charge in [-0.3, -0.25) is 0 Å². The molecule has 0 saturated heterocycles. The van der Waals surface area contributed by atoms with E-state index in [4.69, 9.17) is 0 Å². The molecule has 1 aliphatic rings. The summed E-state index contributed by atoms with van der Waals surface area (Å²) in [7, 11) is 0. The molecule has 0 saturated carbocycles. The SMILES string of the molecule is O=N/C1=C/CCCCCC1. The topological polar surface area (TPSA) is 29.4 Å². The summed E-state index contributed by atoms with van der Waals surface area (Å²) in [4.78, 5) is 10.1. The Kier molecular flexibility index (Phi) is 3.13. The lowest BCUT2D eigenvalue weighted by atomic mass is 10.0. The molecule has 56 valence electrons. The number of nitroso groups, excluding NO2 is 1. The molecule has 0 aromatic carbocycles. The molecule has 0 radical (unpaired) electrons. The van der Waals surface area contributed by atoms with Crippen molar-refractivity contribution < 1.29 is 0 Å². The minimum Gasteiger partial charge on any atom is -0.145 e. The van der Waals surface area contributed by atoms with Crippen LogP contribution in [-0.2, 0) is 0 Å². The quantitative estimate of drug-likeness (QED) is 0.513. The molecule has 0 N–H and O–H groups in total. The zero-order valence-electron chi connectivity index (χ0n) is 6.18. The fraction of sp³-hybridized carbons (Fsp3) is 0.750. The average Bonchev–Trinajstić information content (AvgIpc) is 1.87. The van der Waals surface area contributed by atoms with Crippen molar-refractivity contribution in [3.8, 4) is 0 Å². The summed E-state index contributed by atoms with van der Waals surface area (Å²) in [5, 5.41) is 2.96. The van der Waals surface area contributed by atoms with Crippen LogP contribution in [0.2, 0.25) is 0 Å². The molecule has 0 heterocycles. The third-order valence-corrected chi connectivity index (χ3v) is 1.88. The third-order valence-electron chi connectivity index (χ3n) is 1.88. The summed E-state index contributed by atoms with van der Waals surface area (Å²) < 4.78 is 0. The summed E-state index contributed by atoms with van der Waals surface area (Å²) in [5.41, 5.74) is 0.764. The van der Waals surface area contributed by atoms with Crippen molar-refractivity contribution in [2.75, 3.05) is 0 Å². The molecule has 0 spiro atoms. The minimum absolute atomic E-state index is 0.764. The Balaban J connectivity index is 2.43. The second kappa shape index (κ2) is 4.20. The Morgan fingerprint density at radius 3 is 2.80 bits per heavy atom. The van der Waals surface area contributed by atoms with Gasteiger partial charge in [-0.05, 0) is 30.9 Å². The van der Waals surface area contributed by atoms with Gasteiger partial charge in [0.25, 0.3) is 0 Å². The summed E-state index contributed by atoms with van der Waals surface area (Å²) in [6, 6.07) is 0. The standard InChI is InChI=1S/C8H13NO/c10-9-8-6-4-2-1-3-5-7-8/h6H,1-5,7H2/b8-6+. The van der Waals surface area contributed by atoms with Crippen molar-refractivity contribution >= 4 is 0 Å². The maximum atomic E-state index is 10.1. The normalized spacial score (nSPS) is 25.8. The fourth-order valence-electron chi connectivity index (χ4n) is 1.26. The van der Waals surface area contributed by atoms with Gasteiger partial charge in [0.15, 0.2) is 0 Å². The Hall–Kier alpha value is -0.660. The van der Waals surface area contributed by atoms with Crippen molar-refractivity contribution in [3.63, 3.8) is 0 Å². The molecule has 0 fully saturated rings. The van der Waals surface area contributed by atoms with E-state index in [0.717, 1.165) is 25.0 Å². The third kappa shape index (κ3) is 2.29. The molecule has 0 aromatic rings. The summed E-state index contributed by atoms with van der Waals surface area (Å²) >= 11 is 0. The first kappa shape index (κ1) is 7.45. The van der Waals surface area contributed by atoms with Gasteiger partial charge in [-0.15, -0.1) is 4.91 Å². The van der Waals surface area contributed by atoms with E-state index in [1.54, 1.807) is 0 Å². The van der Waals surface area contributed by atoms with E-state index in [1.807, 2.05) is 6.08 Å². The molecular formula is C8H13NO. The molecule has 0 amide bonds. The first-order valence-electron chi connectivity index (χ1n) is 3.96. The highest BCUT2D eigenvalue weighted by Gasteiger charge is 2.00. The van der Waals surface area contributed by atoms with Gasteiger partial charge in [-0.2, -0.15) is 0 Å². The van der Waals surface area contributed by atoms with Crippen LogP contribution >= 0.6 is 0 Å². The van der Waals surface area contributed by atoms with Gasteiger partial charge >= 0.3 is 0 Å². The average molecular weight is 139 g/mol. The van der Waals surface area contributed by atoms with Crippen LogP contribution in [-0.4, -0.2) is 0 Å². The predicted octanol–water partition coefficient (Wildman–Crippen LogP) is 2.99. The molecule has 0 unspecified atom stereocenters. The van der Waals surface area contributed by atoms with E-state index < -0.39 is 0 Å². The molecule has 1 aliphatic carbocycles. The monoisotopic (exact) mass is 139 g/mol. The van der Waals surface area contributed by atoms with E-state index in [0.29, 0.717) is 0 Å². The van der Waals surface area contributed by atoms with Crippen molar-refractivity contribution in [2.24, 2.45) is 5.18 Å². The van der Waals surface area contributed by atoms with Gasteiger partial charge < -0.3 is 0 Å². The van der Waals surface area contributed by atoms with Gasteiger partial charge in [-0.1, -0.05) is 18.9 Å². The number of hydrogen-bond acceptors (Lipinski definition) is 2. The van der Waals surface area contributed by atoms with Gasteiger partial charge in [0.05, 0.1) is 5.70 Å². The van der Waals surface area contributed by atoms with Crippen LogP contribution in [0.1, 0.15) is 38.5 Å². The number of nitrogens with zero attached hydrogens (tertiary/aromatic N) is 1. The Bertz CT molecular complexity index is 140. The molecule has 10 heavy (non-hydrogen) atoms. The lowest BCUT2D eigenvalue weighted by Crippen LogP contribution is -1.86. The van der Waals surface area contributed by atoms with Gasteiger partial charge in [0.1, 0.15) is 0 Å². The van der Waals surface area contributed by atoms with Crippen LogP contribution in [0.15, 0.2) is 16.9 Å². The molecule has 0 bridgehead atoms. The predicted molar refractivity (Wildman–Crippen MR) is 41.6 cm³/mol. The molecule has 0 aliphatic heterocycles. The summed E-state index contributed by atoms with van der Waals surface area (Å²) in [5.74, 6) is 0. The zero-order chi connectivity index (χ0) is 7.23. The lowest BCUT2D eigenvalue weighted by molar-refractivity contribution is 0.622. The first-order chi connectivity index (χ1) is 4.93. The van der Waals surface area contributed by atoms with E-state index >= 15 is 0 Å². The zero-order valence-corrected chi connectivity index (χ0v) is 6.18. The highest BCUT2D eigenvalue weighted by atomic mass is 16.3. The maximum absolute atomic E-state index is 10.1. The van der Waals surface area contributed by atoms with E-state index in [2.05, 4.69) is 5.18 Å². The highest BCUT2D eigenvalue weighted by molar-refractivity contribution is 5.00. The van der Waals surface area contributed by atoms with Crippen LogP contribution in [0.3, 0.4) is 0 Å². The van der Waals surface area contributed by atoms with Crippen molar-refractivity contribution in [1.82, 2.24) is 0 Å².